The van der Waals surface area contributed by atoms with E-state index in [1.165, 1.54) is 0 Å². The second kappa shape index (κ2) is 7.88. The van der Waals surface area contributed by atoms with Crippen molar-refractivity contribution in [2.45, 2.75) is 45.3 Å². The molecule has 1 aliphatic heterocycles. The average Bonchev–Trinajstić information content (AvgIpc) is 3.16. The van der Waals surface area contributed by atoms with E-state index in [0.29, 0.717) is 0 Å². The third-order valence-electron chi connectivity index (χ3n) is 4.23. The summed E-state index contributed by atoms with van der Waals surface area (Å²) in [5.74, 6) is -0.434. The second-order valence-electron chi connectivity index (χ2n) is 7.65. The van der Waals surface area contributed by atoms with Crippen LogP contribution in [-0.2, 0) is 9.53 Å². The number of benzene rings is 1. The van der Waals surface area contributed by atoms with Crippen molar-refractivity contribution in [3.05, 3.63) is 48.3 Å². The number of anilines is 1. The Kier molecular flexibility index (Phi) is 5.56. The summed E-state index contributed by atoms with van der Waals surface area (Å²) in [6, 6.07) is 11.0. The highest BCUT2D eigenvalue weighted by atomic mass is 16.6. The molecule has 6 heteroatoms. The number of nitrogens with one attached hydrogen (secondary N) is 2. The fraction of sp³-hybridized carbons (Fsp3) is 0.381. The van der Waals surface area contributed by atoms with Gasteiger partial charge in [-0.25, -0.2) is 9.78 Å². The van der Waals surface area contributed by atoms with E-state index in [1.54, 1.807) is 12.3 Å². The molecule has 3 rings (SSSR count). The lowest BCUT2D eigenvalue weighted by atomic mass is 10.1. The first-order valence-electron chi connectivity index (χ1n) is 9.16. The molecule has 1 atom stereocenters. The van der Waals surface area contributed by atoms with Crippen molar-refractivity contribution in [3.8, 4) is 11.1 Å². The van der Waals surface area contributed by atoms with E-state index in [4.69, 9.17) is 4.74 Å². The highest BCUT2D eigenvalue weighted by Crippen LogP contribution is 2.22. The van der Waals surface area contributed by atoms with Crippen LogP contribution >= 0.6 is 0 Å². The third-order valence-corrected chi connectivity index (χ3v) is 4.23. The van der Waals surface area contributed by atoms with Crippen molar-refractivity contribution < 1.29 is 14.3 Å². The number of hydrogen-bond acceptors (Lipinski definition) is 5. The van der Waals surface area contributed by atoms with Crippen molar-refractivity contribution in [1.29, 1.82) is 0 Å². The lowest BCUT2D eigenvalue weighted by molar-refractivity contribution is -0.117. The van der Waals surface area contributed by atoms with Gasteiger partial charge in [-0.05, 0) is 63.9 Å². The summed E-state index contributed by atoms with van der Waals surface area (Å²) in [6.07, 6.45) is 3.55. The number of ether oxygens (including phenoxy) is 1. The summed E-state index contributed by atoms with van der Waals surface area (Å²) in [5, 5.41) is 6.11. The molecule has 0 spiro atoms. The number of nitrogens with zero attached hydrogens (tertiary/aromatic N) is 1. The van der Waals surface area contributed by atoms with Gasteiger partial charge in [0.15, 0.2) is 0 Å². The Morgan fingerprint density at radius 3 is 2.37 bits per heavy atom. The predicted molar refractivity (Wildman–Crippen MR) is 104 cm³/mol. The van der Waals surface area contributed by atoms with Gasteiger partial charge in [-0.2, -0.15) is 0 Å². The second-order valence-corrected chi connectivity index (χ2v) is 7.65. The highest BCUT2D eigenvalue weighted by molar-refractivity contribution is 5.95. The molecule has 0 saturated carbocycles. The monoisotopic (exact) mass is 367 g/mol. The van der Waals surface area contributed by atoms with E-state index in [0.717, 1.165) is 36.2 Å². The number of rotatable bonds is 4. The van der Waals surface area contributed by atoms with Crippen LogP contribution in [0.2, 0.25) is 0 Å². The number of carbonyl (C=O) groups excluding carboxylic acids is 2. The minimum Gasteiger partial charge on any atom is -0.455 e. The maximum atomic E-state index is 12.1. The molecule has 27 heavy (non-hydrogen) atoms. The van der Waals surface area contributed by atoms with Crippen LogP contribution in [0.25, 0.3) is 11.1 Å². The van der Waals surface area contributed by atoms with Crippen molar-refractivity contribution >= 4 is 17.6 Å². The van der Waals surface area contributed by atoms with E-state index >= 15 is 0 Å². The fourth-order valence-corrected chi connectivity index (χ4v) is 2.90. The van der Waals surface area contributed by atoms with Crippen LogP contribution < -0.4 is 10.6 Å². The maximum absolute atomic E-state index is 12.1. The minimum absolute atomic E-state index is 0.00336. The Morgan fingerprint density at radius 2 is 1.81 bits per heavy atom. The fourth-order valence-electron chi connectivity index (χ4n) is 2.90. The quantitative estimate of drug-likeness (QED) is 0.810. The molecule has 1 aromatic carbocycles. The van der Waals surface area contributed by atoms with Gasteiger partial charge in [0.25, 0.3) is 0 Å². The van der Waals surface area contributed by atoms with Gasteiger partial charge >= 0.3 is 5.97 Å². The third kappa shape index (κ3) is 5.14. The first-order valence-corrected chi connectivity index (χ1v) is 9.16. The van der Waals surface area contributed by atoms with E-state index in [9.17, 15) is 9.59 Å². The smallest absolute Gasteiger partial charge is 0.357 e. The minimum atomic E-state index is -0.550. The number of pyridine rings is 1. The van der Waals surface area contributed by atoms with Gasteiger partial charge in [0.2, 0.25) is 5.91 Å². The van der Waals surface area contributed by atoms with Crippen LogP contribution in [-0.4, -0.2) is 35.0 Å². The van der Waals surface area contributed by atoms with Crippen LogP contribution in [0.1, 0.15) is 44.1 Å². The summed E-state index contributed by atoms with van der Waals surface area (Å²) in [4.78, 5) is 28.4. The number of amides is 1. The van der Waals surface area contributed by atoms with Gasteiger partial charge < -0.3 is 15.4 Å². The Labute approximate surface area is 159 Å². The standard InChI is InChI=1S/C21H25N3O3/c1-21(2,3)27-20(26)18-11-8-15(13-23-18)14-6-9-16(10-7-14)24-19(25)17-5-4-12-22-17/h6-11,13,17,22H,4-5,12H2,1-3H3,(H,24,25)/t17-/m1/s1. The number of hydrogen-bond donors (Lipinski definition) is 2. The van der Waals surface area contributed by atoms with E-state index in [2.05, 4.69) is 15.6 Å². The van der Waals surface area contributed by atoms with Crippen LogP contribution in [0.4, 0.5) is 5.69 Å². The van der Waals surface area contributed by atoms with Crippen molar-refractivity contribution in [3.63, 3.8) is 0 Å². The number of esters is 1. The number of carbonyl (C=O) groups is 2. The first kappa shape index (κ1) is 19.0. The average molecular weight is 367 g/mol. The zero-order chi connectivity index (χ0) is 19.4. The summed E-state index contributed by atoms with van der Waals surface area (Å²) in [7, 11) is 0. The van der Waals surface area contributed by atoms with E-state index in [1.807, 2.05) is 51.1 Å². The van der Waals surface area contributed by atoms with Crippen LogP contribution in [0.3, 0.4) is 0 Å². The normalized spacial score (nSPS) is 16.8. The van der Waals surface area contributed by atoms with E-state index < -0.39 is 11.6 Å². The van der Waals surface area contributed by atoms with Gasteiger partial charge in [0.1, 0.15) is 11.3 Å². The zero-order valence-corrected chi connectivity index (χ0v) is 15.9. The maximum Gasteiger partial charge on any atom is 0.357 e. The van der Waals surface area contributed by atoms with E-state index in [-0.39, 0.29) is 17.6 Å². The van der Waals surface area contributed by atoms with Gasteiger partial charge in [-0.15, -0.1) is 0 Å². The summed E-state index contributed by atoms with van der Waals surface area (Å²) in [6.45, 7) is 6.36. The molecule has 2 N–H and O–H groups in total. The molecule has 0 unspecified atom stereocenters. The van der Waals surface area contributed by atoms with Gasteiger partial charge in [0.05, 0.1) is 6.04 Å². The summed E-state index contributed by atoms with van der Waals surface area (Å²) < 4.78 is 5.32. The molecule has 1 fully saturated rings. The van der Waals surface area contributed by atoms with Crippen molar-refractivity contribution in [2.24, 2.45) is 0 Å². The molecule has 0 aliphatic carbocycles. The Hall–Kier alpha value is -2.73. The van der Waals surface area contributed by atoms with Crippen molar-refractivity contribution in [1.82, 2.24) is 10.3 Å². The summed E-state index contributed by atoms with van der Waals surface area (Å²) in [5.41, 5.74) is 2.33. The molecule has 2 aromatic rings. The lowest BCUT2D eigenvalue weighted by Gasteiger charge is -2.19. The zero-order valence-electron chi connectivity index (χ0n) is 15.9. The molecule has 6 nitrogen and oxygen atoms in total. The van der Waals surface area contributed by atoms with Gasteiger partial charge in [0, 0.05) is 17.4 Å². The topological polar surface area (TPSA) is 80.3 Å². The molecular weight excluding hydrogens is 342 g/mol. The molecule has 1 aromatic heterocycles. The highest BCUT2D eigenvalue weighted by Gasteiger charge is 2.22. The molecule has 142 valence electrons. The molecule has 2 heterocycles. The molecule has 1 aliphatic rings. The van der Waals surface area contributed by atoms with Gasteiger partial charge in [-0.1, -0.05) is 18.2 Å². The molecule has 1 amide bonds. The first-order chi connectivity index (χ1) is 12.8. The number of aromatic nitrogens is 1. The molecular formula is C21H25N3O3. The predicted octanol–water partition coefficient (Wildman–Crippen LogP) is 3.39. The molecule has 0 radical (unpaired) electrons. The summed E-state index contributed by atoms with van der Waals surface area (Å²) >= 11 is 0. The van der Waals surface area contributed by atoms with Crippen LogP contribution in [0, 0.1) is 0 Å². The Bertz CT molecular complexity index is 802. The van der Waals surface area contributed by atoms with Crippen LogP contribution in [0.15, 0.2) is 42.6 Å². The Morgan fingerprint density at radius 1 is 1.11 bits per heavy atom. The largest absolute Gasteiger partial charge is 0.455 e. The van der Waals surface area contributed by atoms with Gasteiger partial charge in [-0.3, -0.25) is 4.79 Å². The Balaban J connectivity index is 1.64. The van der Waals surface area contributed by atoms with Crippen LogP contribution in [0.5, 0.6) is 0 Å². The SMILES string of the molecule is CC(C)(C)OC(=O)c1ccc(-c2ccc(NC(=O)[C@H]3CCCN3)cc2)cn1. The molecule has 1 saturated heterocycles. The van der Waals surface area contributed by atoms with Crippen molar-refractivity contribution in [2.75, 3.05) is 11.9 Å². The lowest BCUT2D eigenvalue weighted by Crippen LogP contribution is -2.35. The molecule has 0 bridgehead atoms.